The Balaban J connectivity index is 2.69. The summed E-state index contributed by atoms with van der Waals surface area (Å²) in [5, 5.41) is 0.123. The van der Waals surface area contributed by atoms with Crippen LogP contribution in [0.25, 0.3) is 0 Å². The fourth-order valence-corrected chi connectivity index (χ4v) is 3.91. The highest BCUT2D eigenvalue weighted by atomic mass is 32.2. The molecule has 0 atom stereocenters. The quantitative estimate of drug-likeness (QED) is 0.512. The third-order valence-electron chi connectivity index (χ3n) is 4.54. The van der Waals surface area contributed by atoms with Crippen molar-refractivity contribution in [3.8, 4) is 0 Å². The third kappa shape index (κ3) is 5.99. The minimum absolute atomic E-state index is 0.0951. The van der Waals surface area contributed by atoms with Crippen molar-refractivity contribution >= 4 is 18.4 Å². The van der Waals surface area contributed by atoms with Gasteiger partial charge in [-0.05, 0) is 37.2 Å². The van der Waals surface area contributed by atoms with Crippen LogP contribution in [0.15, 0.2) is 29.2 Å². The summed E-state index contributed by atoms with van der Waals surface area (Å²) in [4.78, 5) is 0.189. The van der Waals surface area contributed by atoms with Crippen LogP contribution in [-0.2, 0) is 18.7 Å². The molecule has 1 aromatic carbocycles. The SMILES string of the molecule is Cc1ccc(S(=O)(=O)OCC(C)(C)CO[Si](C)(C)C(C)(C)C)cc1. The predicted octanol–water partition coefficient (Wildman–Crippen LogP) is 4.75. The number of benzene rings is 1. The molecular formula is C18H32O4SSi. The molecule has 0 aliphatic rings. The summed E-state index contributed by atoms with van der Waals surface area (Å²) < 4.78 is 36.1. The van der Waals surface area contributed by atoms with Crippen LogP contribution in [0.5, 0.6) is 0 Å². The summed E-state index contributed by atoms with van der Waals surface area (Å²) in [6.07, 6.45) is 0. The number of hydrogen-bond donors (Lipinski definition) is 0. The van der Waals surface area contributed by atoms with Gasteiger partial charge in [0.1, 0.15) is 0 Å². The lowest BCUT2D eigenvalue weighted by Crippen LogP contribution is -2.44. The van der Waals surface area contributed by atoms with E-state index in [1.165, 1.54) is 0 Å². The van der Waals surface area contributed by atoms with Crippen LogP contribution in [0.2, 0.25) is 18.1 Å². The highest BCUT2D eigenvalue weighted by molar-refractivity contribution is 7.86. The molecule has 0 aromatic heterocycles. The van der Waals surface area contributed by atoms with Crippen molar-refractivity contribution in [2.75, 3.05) is 13.2 Å². The average Bonchev–Trinajstić information content (AvgIpc) is 2.43. The largest absolute Gasteiger partial charge is 0.416 e. The van der Waals surface area contributed by atoms with Gasteiger partial charge in [-0.15, -0.1) is 0 Å². The van der Waals surface area contributed by atoms with Crippen molar-refractivity contribution in [3.63, 3.8) is 0 Å². The summed E-state index contributed by atoms with van der Waals surface area (Å²) in [7, 11) is -5.60. The summed E-state index contributed by atoms with van der Waals surface area (Å²) in [6, 6.07) is 6.68. The lowest BCUT2D eigenvalue weighted by Gasteiger charge is -2.38. The van der Waals surface area contributed by atoms with E-state index >= 15 is 0 Å². The summed E-state index contributed by atoms with van der Waals surface area (Å²) >= 11 is 0. The maximum atomic E-state index is 12.3. The van der Waals surface area contributed by atoms with Gasteiger partial charge in [0.15, 0.2) is 8.32 Å². The van der Waals surface area contributed by atoms with Gasteiger partial charge in [-0.3, -0.25) is 4.18 Å². The van der Waals surface area contributed by atoms with Crippen molar-refractivity contribution in [1.29, 1.82) is 0 Å². The van der Waals surface area contributed by atoms with Gasteiger partial charge in [-0.25, -0.2) is 0 Å². The van der Waals surface area contributed by atoms with Crippen molar-refractivity contribution < 1.29 is 17.0 Å². The van der Waals surface area contributed by atoms with Gasteiger partial charge in [-0.1, -0.05) is 52.3 Å². The standard InChI is InChI=1S/C18H32O4SSi/c1-15-9-11-16(12-10-15)23(19,20)21-13-18(5,6)14-22-24(7,8)17(2,3)4/h9-12H,13-14H2,1-8H3. The Hall–Kier alpha value is -0.693. The minimum atomic E-state index is -3.74. The lowest BCUT2D eigenvalue weighted by molar-refractivity contribution is 0.106. The van der Waals surface area contributed by atoms with E-state index in [1.54, 1.807) is 24.3 Å². The van der Waals surface area contributed by atoms with Crippen LogP contribution in [0.4, 0.5) is 0 Å². The van der Waals surface area contributed by atoms with Crippen molar-refractivity contribution in [1.82, 2.24) is 0 Å². The molecule has 6 heteroatoms. The normalized spacial score (nSPS) is 14.0. The monoisotopic (exact) mass is 372 g/mol. The van der Waals surface area contributed by atoms with Gasteiger partial charge in [0.25, 0.3) is 10.1 Å². The molecule has 0 saturated carbocycles. The maximum Gasteiger partial charge on any atom is 0.296 e. The van der Waals surface area contributed by atoms with Gasteiger partial charge in [-0.2, -0.15) is 8.42 Å². The summed E-state index contributed by atoms with van der Waals surface area (Å²) in [6.45, 7) is 17.3. The molecule has 1 aromatic rings. The fraction of sp³-hybridized carbons (Fsp3) is 0.667. The zero-order valence-electron chi connectivity index (χ0n) is 16.3. The molecule has 0 radical (unpaired) electrons. The van der Waals surface area contributed by atoms with E-state index in [9.17, 15) is 8.42 Å². The smallest absolute Gasteiger partial charge is 0.296 e. The molecule has 0 aliphatic carbocycles. The second-order valence-electron chi connectivity index (χ2n) is 8.74. The molecule has 24 heavy (non-hydrogen) atoms. The Bertz CT molecular complexity index is 641. The number of hydrogen-bond acceptors (Lipinski definition) is 4. The highest BCUT2D eigenvalue weighted by Gasteiger charge is 2.38. The Labute approximate surface area is 148 Å². The Morgan fingerprint density at radius 1 is 0.958 bits per heavy atom. The van der Waals surface area contributed by atoms with Crippen LogP contribution in [-0.4, -0.2) is 29.9 Å². The predicted molar refractivity (Wildman–Crippen MR) is 101 cm³/mol. The topological polar surface area (TPSA) is 52.6 Å². The Morgan fingerprint density at radius 3 is 1.92 bits per heavy atom. The average molecular weight is 373 g/mol. The van der Waals surface area contributed by atoms with Gasteiger partial charge in [0.05, 0.1) is 11.5 Å². The molecular weight excluding hydrogens is 340 g/mol. The first kappa shape index (κ1) is 21.3. The lowest BCUT2D eigenvalue weighted by atomic mass is 9.97. The van der Waals surface area contributed by atoms with Crippen molar-refractivity contribution in [2.24, 2.45) is 5.41 Å². The first-order valence-corrected chi connectivity index (χ1v) is 12.6. The van der Waals surface area contributed by atoms with E-state index in [0.717, 1.165) is 5.56 Å². The molecule has 0 aliphatic heterocycles. The second-order valence-corrected chi connectivity index (χ2v) is 15.2. The van der Waals surface area contributed by atoms with Crippen LogP contribution in [0, 0.1) is 12.3 Å². The molecule has 0 amide bonds. The fourth-order valence-electron chi connectivity index (χ4n) is 1.64. The molecule has 0 N–H and O–H groups in total. The molecule has 0 heterocycles. The molecule has 1 rings (SSSR count). The molecule has 0 bridgehead atoms. The van der Waals surface area contributed by atoms with Gasteiger partial charge < -0.3 is 4.43 Å². The summed E-state index contributed by atoms with van der Waals surface area (Å²) in [5.41, 5.74) is 0.629. The molecule has 138 valence electrons. The molecule has 0 fully saturated rings. The molecule has 4 nitrogen and oxygen atoms in total. The first-order chi connectivity index (χ1) is 10.7. The van der Waals surface area contributed by atoms with E-state index in [1.807, 2.05) is 20.8 Å². The van der Waals surface area contributed by atoms with Crippen LogP contribution < -0.4 is 0 Å². The third-order valence-corrected chi connectivity index (χ3v) is 10.3. The minimum Gasteiger partial charge on any atom is -0.416 e. The molecule has 0 unspecified atom stereocenters. The van der Waals surface area contributed by atoms with Crippen LogP contribution >= 0.6 is 0 Å². The Kier molecular flexibility index (Phi) is 6.47. The zero-order chi connectivity index (χ0) is 18.8. The van der Waals surface area contributed by atoms with Gasteiger partial charge in [0, 0.05) is 12.0 Å². The van der Waals surface area contributed by atoms with E-state index in [-0.39, 0.29) is 22.0 Å². The van der Waals surface area contributed by atoms with E-state index in [4.69, 9.17) is 8.61 Å². The van der Waals surface area contributed by atoms with Gasteiger partial charge >= 0.3 is 0 Å². The maximum absolute atomic E-state index is 12.3. The van der Waals surface area contributed by atoms with E-state index < -0.39 is 18.4 Å². The Morgan fingerprint density at radius 2 is 1.46 bits per heavy atom. The van der Waals surface area contributed by atoms with Crippen LogP contribution in [0.3, 0.4) is 0 Å². The number of rotatable bonds is 7. The van der Waals surface area contributed by atoms with E-state index in [2.05, 4.69) is 33.9 Å². The second kappa shape index (κ2) is 7.28. The molecule has 0 spiro atoms. The summed E-state index contributed by atoms with van der Waals surface area (Å²) in [5.74, 6) is 0. The number of aryl methyl sites for hydroxylation is 1. The van der Waals surface area contributed by atoms with Crippen molar-refractivity contribution in [3.05, 3.63) is 29.8 Å². The molecule has 0 saturated heterocycles. The zero-order valence-corrected chi connectivity index (χ0v) is 18.1. The van der Waals surface area contributed by atoms with Gasteiger partial charge in [0.2, 0.25) is 0 Å². The van der Waals surface area contributed by atoms with E-state index in [0.29, 0.717) is 6.61 Å². The van der Waals surface area contributed by atoms with Crippen LogP contribution in [0.1, 0.15) is 40.2 Å². The highest BCUT2D eigenvalue weighted by Crippen LogP contribution is 2.37. The first-order valence-electron chi connectivity index (χ1n) is 8.26. The van der Waals surface area contributed by atoms with Crippen molar-refractivity contribution in [2.45, 2.75) is 64.6 Å².